The van der Waals surface area contributed by atoms with E-state index in [1.165, 1.54) is 6.42 Å². The molecule has 0 radical (unpaired) electrons. The Balaban J connectivity index is 2.58. The standard InChI is InChI=1S/C12H23N5/c1-8(2)5-6-9(3)14-11-7-10(4)15-12(16-11)17-13/h7-9H,5-6,13H2,1-4H3,(H2,14,15,16,17). The lowest BCUT2D eigenvalue weighted by Gasteiger charge is -2.16. The monoisotopic (exact) mass is 237 g/mol. The van der Waals surface area contributed by atoms with Crippen molar-refractivity contribution in [3.05, 3.63) is 11.8 Å². The van der Waals surface area contributed by atoms with Gasteiger partial charge in [0.05, 0.1) is 0 Å². The molecule has 4 N–H and O–H groups in total. The van der Waals surface area contributed by atoms with Crippen molar-refractivity contribution in [1.29, 1.82) is 0 Å². The predicted molar refractivity (Wildman–Crippen MR) is 71.7 cm³/mol. The van der Waals surface area contributed by atoms with Crippen molar-refractivity contribution in [2.75, 3.05) is 10.7 Å². The topological polar surface area (TPSA) is 75.9 Å². The normalized spacial score (nSPS) is 12.6. The Morgan fingerprint density at radius 1 is 1.24 bits per heavy atom. The van der Waals surface area contributed by atoms with E-state index in [9.17, 15) is 0 Å². The summed E-state index contributed by atoms with van der Waals surface area (Å²) in [4.78, 5) is 8.41. The van der Waals surface area contributed by atoms with Gasteiger partial charge in [0.1, 0.15) is 5.82 Å². The van der Waals surface area contributed by atoms with Gasteiger partial charge in [0.15, 0.2) is 0 Å². The summed E-state index contributed by atoms with van der Waals surface area (Å²) in [6.45, 7) is 8.55. The summed E-state index contributed by atoms with van der Waals surface area (Å²) in [7, 11) is 0. The van der Waals surface area contributed by atoms with Crippen molar-refractivity contribution in [2.45, 2.75) is 46.6 Å². The first-order valence-corrected chi connectivity index (χ1v) is 6.10. The maximum absolute atomic E-state index is 5.31. The van der Waals surface area contributed by atoms with Gasteiger partial charge in [-0.3, -0.25) is 5.43 Å². The van der Waals surface area contributed by atoms with Crippen LogP contribution < -0.4 is 16.6 Å². The maximum atomic E-state index is 5.31. The highest BCUT2D eigenvalue weighted by Crippen LogP contribution is 2.13. The van der Waals surface area contributed by atoms with E-state index in [4.69, 9.17) is 5.84 Å². The molecule has 1 atom stereocenters. The molecule has 1 rings (SSSR count). The molecule has 0 saturated carbocycles. The number of aromatic nitrogens is 2. The number of nitrogens with two attached hydrogens (primary N) is 1. The van der Waals surface area contributed by atoms with Gasteiger partial charge >= 0.3 is 0 Å². The molecule has 1 aromatic rings. The van der Waals surface area contributed by atoms with Crippen LogP contribution in [-0.4, -0.2) is 16.0 Å². The molecule has 0 saturated heterocycles. The molecule has 0 aliphatic heterocycles. The Labute approximate surface area is 103 Å². The average molecular weight is 237 g/mol. The van der Waals surface area contributed by atoms with Crippen molar-refractivity contribution in [3.63, 3.8) is 0 Å². The van der Waals surface area contributed by atoms with Crippen LogP contribution in [0.2, 0.25) is 0 Å². The van der Waals surface area contributed by atoms with E-state index in [-0.39, 0.29) is 0 Å². The number of hydrazine groups is 1. The van der Waals surface area contributed by atoms with Gasteiger partial charge in [-0.1, -0.05) is 13.8 Å². The zero-order chi connectivity index (χ0) is 12.8. The Morgan fingerprint density at radius 3 is 2.53 bits per heavy atom. The molecular weight excluding hydrogens is 214 g/mol. The second kappa shape index (κ2) is 6.39. The largest absolute Gasteiger partial charge is 0.367 e. The molecule has 5 heteroatoms. The maximum Gasteiger partial charge on any atom is 0.239 e. The van der Waals surface area contributed by atoms with Crippen LogP contribution in [0.25, 0.3) is 0 Å². The molecule has 0 amide bonds. The van der Waals surface area contributed by atoms with Crippen molar-refractivity contribution >= 4 is 11.8 Å². The predicted octanol–water partition coefficient (Wildman–Crippen LogP) is 2.31. The highest BCUT2D eigenvalue weighted by Gasteiger charge is 2.06. The zero-order valence-electron chi connectivity index (χ0n) is 11.1. The second-order valence-corrected chi connectivity index (χ2v) is 4.88. The Kier molecular flexibility index (Phi) is 5.15. The number of nitrogens with one attached hydrogen (secondary N) is 2. The number of aryl methyl sites for hydroxylation is 1. The minimum absolute atomic E-state index is 0.400. The lowest BCUT2D eigenvalue weighted by atomic mass is 10.0. The molecule has 0 fully saturated rings. The van der Waals surface area contributed by atoms with Gasteiger partial charge in [-0.05, 0) is 32.6 Å². The third kappa shape index (κ3) is 4.99. The van der Waals surface area contributed by atoms with Gasteiger partial charge in [-0.2, -0.15) is 4.98 Å². The van der Waals surface area contributed by atoms with Crippen LogP contribution in [0.15, 0.2) is 6.07 Å². The summed E-state index contributed by atoms with van der Waals surface area (Å²) in [5, 5.41) is 3.37. The Hall–Kier alpha value is -1.36. The summed E-state index contributed by atoms with van der Waals surface area (Å²) in [6, 6.07) is 2.32. The van der Waals surface area contributed by atoms with Gasteiger partial charge in [-0.15, -0.1) is 0 Å². The number of hydrogen-bond acceptors (Lipinski definition) is 5. The lowest BCUT2D eigenvalue weighted by Crippen LogP contribution is -2.18. The number of hydrogen-bond donors (Lipinski definition) is 3. The quantitative estimate of drug-likeness (QED) is 0.523. The van der Waals surface area contributed by atoms with Gasteiger partial charge in [0, 0.05) is 17.8 Å². The third-order valence-electron chi connectivity index (χ3n) is 2.55. The van der Waals surface area contributed by atoms with Crippen LogP contribution >= 0.6 is 0 Å². The number of nitrogen functional groups attached to an aromatic ring is 1. The average Bonchev–Trinajstić information content (AvgIpc) is 2.25. The molecule has 5 nitrogen and oxygen atoms in total. The van der Waals surface area contributed by atoms with Crippen LogP contribution in [0.4, 0.5) is 11.8 Å². The zero-order valence-corrected chi connectivity index (χ0v) is 11.1. The van der Waals surface area contributed by atoms with Gasteiger partial charge < -0.3 is 5.32 Å². The highest BCUT2D eigenvalue weighted by atomic mass is 15.3. The molecule has 0 aliphatic carbocycles. The van der Waals surface area contributed by atoms with Gasteiger partial charge in [0.2, 0.25) is 5.95 Å². The minimum Gasteiger partial charge on any atom is -0.367 e. The first kappa shape index (κ1) is 13.7. The van der Waals surface area contributed by atoms with E-state index >= 15 is 0 Å². The molecule has 0 aliphatic rings. The van der Waals surface area contributed by atoms with Crippen LogP contribution in [-0.2, 0) is 0 Å². The van der Waals surface area contributed by atoms with Crippen LogP contribution in [0.3, 0.4) is 0 Å². The second-order valence-electron chi connectivity index (χ2n) is 4.88. The van der Waals surface area contributed by atoms with Crippen molar-refractivity contribution < 1.29 is 0 Å². The molecule has 1 heterocycles. The fourth-order valence-corrected chi connectivity index (χ4v) is 1.61. The van der Waals surface area contributed by atoms with Crippen LogP contribution in [0.1, 0.15) is 39.3 Å². The fraction of sp³-hybridized carbons (Fsp3) is 0.667. The summed E-state index contributed by atoms with van der Waals surface area (Å²) >= 11 is 0. The van der Waals surface area contributed by atoms with E-state index in [1.807, 2.05) is 13.0 Å². The van der Waals surface area contributed by atoms with Crippen LogP contribution in [0.5, 0.6) is 0 Å². The van der Waals surface area contributed by atoms with Gasteiger partial charge in [-0.25, -0.2) is 10.8 Å². The van der Waals surface area contributed by atoms with E-state index in [2.05, 4.69) is 41.5 Å². The first-order chi connectivity index (χ1) is 8.01. The molecule has 0 bridgehead atoms. The molecule has 96 valence electrons. The molecule has 0 aromatic carbocycles. The summed E-state index contributed by atoms with van der Waals surface area (Å²) in [6.07, 6.45) is 2.34. The Morgan fingerprint density at radius 2 is 1.94 bits per heavy atom. The number of anilines is 2. The Bertz CT molecular complexity index is 351. The fourth-order valence-electron chi connectivity index (χ4n) is 1.61. The van der Waals surface area contributed by atoms with E-state index in [0.717, 1.165) is 23.9 Å². The minimum atomic E-state index is 0.400. The smallest absolute Gasteiger partial charge is 0.239 e. The third-order valence-corrected chi connectivity index (χ3v) is 2.55. The van der Waals surface area contributed by atoms with Crippen molar-refractivity contribution in [3.8, 4) is 0 Å². The van der Waals surface area contributed by atoms with E-state index in [0.29, 0.717) is 12.0 Å². The summed E-state index contributed by atoms with van der Waals surface area (Å²) < 4.78 is 0. The summed E-state index contributed by atoms with van der Waals surface area (Å²) in [5.41, 5.74) is 3.36. The van der Waals surface area contributed by atoms with Crippen molar-refractivity contribution in [1.82, 2.24) is 9.97 Å². The molecule has 1 unspecified atom stereocenters. The molecule has 17 heavy (non-hydrogen) atoms. The van der Waals surface area contributed by atoms with Gasteiger partial charge in [0.25, 0.3) is 0 Å². The number of nitrogens with zero attached hydrogens (tertiary/aromatic N) is 2. The molecular formula is C12H23N5. The first-order valence-electron chi connectivity index (χ1n) is 6.10. The number of rotatable bonds is 6. The van der Waals surface area contributed by atoms with E-state index < -0.39 is 0 Å². The molecule has 1 aromatic heterocycles. The van der Waals surface area contributed by atoms with Crippen molar-refractivity contribution in [2.24, 2.45) is 11.8 Å². The molecule has 0 spiro atoms. The lowest BCUT2D eigenvalue weighted by molar-refractivity contribution is 0.527. The van der Waals surface area contributed by atoms with E-state index in [1.54, 1.807) is 0 Å². The highest BCUT2D eigenvalue weighted by molar-refractivity contribution is 5.42. The van der Waals surface area contributed by atoms with Crippen LogP contribution in [0, 0.1) is 12.8 Å². The summed E-state index contributed by atoms with van der Waals surface area (Å²) in [5.74, 6) is 7.31. The SMILES string of the molecule is Cc1cc(NC(C)CCC(C)C)nc(NN)n1.